The van der Waals surface area contributed by atoms with Gasteiger partial charge in [0.15, 0.2) is 0 Å². The molecule has 186 valence electrons. The average Bonchev–Trinajstić information content (AvgIpc) is 2.74. The fraction of sp³-hybridized carbons (Fsp3) is 0.625. The fourth-order valence-electron chi connectivity index (χ4n) is 3.19. The van der Waals surface area contributed by atoms with Crippen molar-refractivity contribution >= 4 is 30.5 Å². The van der Waals surface area contributed by atoms with Crippen molar-refractivity contribution in [2.75, 3.05) is 12.3 Å². The molecule has 0 aliphatic heterocycles. The van der Waals surface area contributed by atoms with Gasteiger partial charge >= 0.3 is 6.09 Å². The van der Waals surface area contributed by atoms with Crippen LogP contribution in [0.5, 0.6) is 5.75 Å². The first-order valence-electron chi connectivity index (χ1n) is 11.4. The lowest BCUT2D eigenvalue weighted by Gasteiger charge is -2.38. The van der Waals surface area contributed by atoms with Crippen molar-refractivity contribution in [1.82, 2.24) is 15.5 Å². The van der Waals surface area contributed by atoms with E-state index in [1.54, 1.807) is 32.9 Å². The van der Waals surface area contributed by atoms with Crippen LogP contribution in [0.1, 0.15) is 72.4 Å². The van der Waals surface area contributed by atoms with Crippen LogP contribution < -0.4 is 10.6 Å². The molecular weight excluding hydrogens is 442 g/mol. The van der Waals surface area contributed by atoms with Crippen LogP contribution >= 0.6 is 12.6 Å². The van der Waals surface area contributed by atoms with Crippen LogP contribution in [0, 0.1) is 0 Å². The quantitative estimate of drug-likeness (QED) is 0.284. The van der Waals surface area contributed by atoms with E-state index in [1.165, 1.54) is 17.0 Å². The van der Waals surface area contributed by atoms with E-state index >= 15 is 0 Å². The summed E-state index contributed by atoms with van der Waals surface area (Å²) in [6, 6.07) is 3.98. The number of hydrogen-bond donors (Lipinski definition) is 4. The van der Waals surface area contributed by atoms with Crippen LogP contribution in [0.4, 0.5) is 4.79 Å². The topological polar surface area (TPSA) is 108 Å². The number of phenols is 1. The fourth-order valence-corrected chi connectivity index (χ4v) is 3.44. The number of amides is 3. The molecule has 0 aliphatic carbocycles. The van der Waals surface area contributed by atoms with Crippen molar-refractivity contribution in [1.29, 1.82) is 0 Å². The highest BCUT2D eigenvalue weighted by Crippen LogP contribution is 2.27. The number of aromatic hydroxyl groups is 1. The zero-order chi connectivity index (χ0) is 25.2. The van der Waals surface area contributed by atoms with Gasteiger partial charge in [0.05, 0.1) is 0 Å². The molecule has 3 atom stereocenters. The number of nitrogens with one attached hydrogen (secondary N) is 2. The van der Waals surface area contributed by atoms with E-state index < -0.39 is 29.7 Å². The highest BCUT2D eigenvalue weighted by Gasteiger charge is 2.38. The van der Waals surface area contributed by atoms with E-state index in [-0.39, 0.29) is 23.5 Å². The molecule has 0 fully saturated rings. The Labute approximate surface area is 202 Å². The number of thiol groups is 1. The molecule has 9 heteroatoms. The molecule has 3 amide bonds. The molecule has 0 saturated heterocycles. The predicted octanol–water partition coefficient (Wildman–Crippen LogP) is 3.80. The highest BCUT2D eigenvalue weighted by molar-refractivity contribution is 7.80. The Morgan fingerprint density at radius 3 is 2.24 bits per heavy atom. The Morgan fingerprint density at radius 1 is 1.15 bits per heavy atom. The second-order valence-electron chi connectivity index (χ2n) is 9.02. The van der Waals surface area contributed by atoms with E-state index in [9.17, 15) is 19.5 Å². The average molecular weight is 482 g/mol. The van der Waals surface area contributed by atoms with E-state index in [1.807, 2.05) is 20.8 Å². The summed E-state index contributed by atoms with van der Waals surface area (Å²) in [7, 11) is 0. The Balaban J connectivity index is 3.34. The van der Waals surface area contributed by atoms with Gasteiger partial charge < -0.3 is 25.4 Å². The summed E-state index contributed by atoms with van der Waals surface area (Å²) in [5.74, 6) is -0.665. The highest BCUT2D eigenvalue weighted by atomic mass is 32.1. The van der Waals surface area contributed by atoms with Crippen LogP contribution in [0.15, 0.2) is 24.3 Å². The lowest BCUT2D eigenvalue weighted by molar-refractivity contribution is -0.144. The normalized spacial score (nSPS) is 14.0. The zero-order valence-electron chi connectivity index (χ0n) is 20.6. The van der Waals surface area contributed by atoms with Crippen LogP contribution in [0.3, 0.4) is 0 Å². The van der Waals surface area contributed by atoms with Gasteiger partial charge in [-0.25, -0.2) is 4.79 Å². The van der Waals surface area contributed by atoms with Gasteiger partial charge in [-0.05, 0) is 58.2 Å². The molecule has 1 aromatic rings. The molecule has 33 heavy (non-hydrogen) atoms. The maximum Gasteiger partial charge on any atom is 0.408 e. The van der Waals surface area contributed by atoms with Crippen molar-refractivity contribution in [3.05, 3.63) is 29.8 Å². The molecule has 0 radical (unpaired) electrons. The minimum atomic E-state index is -0.986. The summed E-state index contributed by atoms with van der Waals surface area (Å²) in [6.45, 7) is 11.5. The third-order valence-electron chi connectivity index (χ3n) is 5.06. The number of carbonyl (C=O) groups is 3. The molecule has 0 aromatic heterocycles. The minimum Gasteiger partial charge on any atom is -0.508 e. The van der Waals surface area contributed by atoms with Gasteiger partial charge in [-0.1, -0.05) is 32.4 Å². The summed E-state index contributed by atoms with van der Waals surface area (Å²) in [6.07, 6.45) is 1.59. The number of nitrogens with zero attached hydrogens (tertiary/aromatic N) is 1. The van der Waals surface area contributed by atoms with Gasteiger partial charge in [-0.3, -0.25) is 9.59 Å². The molecule has 0 spiro atoms. The second-order valence-corrected chi connectivity index (χ2v) is 9.39. The number of ether oxygens (including phenoxy) is 1. The summed E-state index contributed by atoms with van der Waals surface area (Å²) in [5.41, 5.74) is -0.163. The third kappa shape index (κ3) is 9.15. The number of unbranched alkanes of at least 4 members (excludes halogenated alkanes) is 1. The molecular formula is C24H39N3O5S. The van der Waals surface area contributed by atoms with Gasteiger partial charge in [0.2, 0.25) is 11.8 Å². The first-order valence-corrected chi connectivity index (χ1v) is 12.1. The van der Waals surface area contributed by atoms with E-state index in [4.69, 9.17) is 4.74 Å². The maximum absolute atomic E-state index is 13.7. The number of rotatable bonds is 11. The van der Waals surface area contributed by atoms with Crippen molar-refractivity contribution in [3.8, 4) is 5.75 Å². The van der Waals surface area contributed by atoms with Crippen LogP contribution in [0.25, 0.3) is 0 Å². The maximum atomic E-state index is 13.7. The van der Waals surface area contributed by atoms with Gasteiger partial charge in [-0.15, -0.1) is 0 Å². The largest absolute Gasteiger partial charge is 0.508 e. The molecule has 3 N–H and O–H groups in total. The third-order valence-corrected chi connectivity index (χ3v) is 5.42. The molecule has 1 rings (SSSR count). The molecule has 1 aromatic carbocycles. The Hall–Kier alpha value is -2.42. The van der Waals surface area contributed by atoms with E-state index in [0.717, 1.165) is 12.8 Å². The van der Waals surface area contributed by atoms with E-state index in [2.05, 4.69) is 23.3 Å². The van der Waals surface area contributed by atoms with Gasteiger partial charge in [-0.2, -0.15) is 12.6 Å². The smallest absolute Gasteiger partial charge is 0.408 e. The van der Waals surface area contributed by atoms with Crippen molar-refractivity contribution in [2.24, 2.45) is 0 Å². The number of phenolic OH excluding ortho intramolecular Hbond substituents is 1. The molecule has 0 bridgehead atoms. The van der Waals surface area contributed by atoms with Gasteiger partial charge in [0.25, 0.3) is 0 Å². The summed E-state index contributed by atoms with van der Waals surface area (Å²) >= 11 is 4.27. The minimum absolute atomic E-state index is 0.0325. The van der Waals surface area contributed by atoms with Crippen molar-refractivity contribution < 1.29 is 24.2 Å². The predicted molar refractivity (Wildman–Crippen MR) is 132 cm³/mol. The van der Waals surface area contributed by atoms with Crippen molar-refractivity contribution in [3.63, 3.8) is 0 Å². The summed E-state index contributed by atoms with van der Waals surface area (Å²) in [4.78, 5) is 40.8. The van der Waals surface area contributed by atoms with Gasteiger partial charge in [0, 0.05) is 18.3 Å². The number of alkyl carbamates (subject to hydrolysis) is 1. The molecule has 0 aliphatic rings. The Morgan fingerprint density at radius 2 is 1.76 bits per heavy atom. The monoisotopic (exact) mass is 481 g/mol. The van der Waals surface area contributed by atoms with Crippen molar-refractivity contribution in [2.45, 2.75) is 84.5 Å². The van der Waals surface area contributed by atoms with Crippen LogP contribution in [-0.2, 0) is 14.3 Å². The SMILES string of the molecule is CCCCNC(=O)C(c1ccc(O)cc1)N(C(=O)C(CS)NC(=O)OC(C)(C)C)C(C)CC. The zero-order valence-corrected chi connectivity index (χ0v) is 21.4. The molecule has 8 nitrogen and oxygen atoms in total. The standard InChI is InChI=1S/C24H39N3O5S/c1-7-9-14-25-21(29)20(17-10-12-18(28)13-11-17)27(16(3)8-2)22(30)19(15-33)26-23(31)32-24(4,5)6/h10-13,16,19-20,28,33H,7-9,14-15H2,1-6H3,(H,25,29)(H,26,31). The number of hydrogen-bond acceptors (Lipinski definition) is 6. The molecule has 3 unspecified atom stereocenters. The van der Waals surface area contributed by atoms with Crippen LogP contribution in [0.2, 0.25) is 0 Å². The Bertz CT molecular complexity index is 779. The summed E-state index contributed by atoms with van der Waals surface area (Å²) < 4.78 is 5.30. The first-order chi connectivity index (χ1) is 15.4. The number of carbonyl (C=O) groups excluding carboxylic acids is 3. The second kappa shape index (κ2) is 13.3. The lowest BCUT2D eigenvalue weighted by Crippen LogP contribution is -2.56. The summed E-state index contributed by atoms with van der Waals surface area (Å²) in [5, 5.41) is 15.2. The molecule has 0 saturated carbocycles. The lowest BCUT2D eigenvalue weighted by atomic mass is 10.00. The first kappa shape index (κ1) is 28.6. The van der Waals surface area contributed by atoms with Crippen LogP contribution in [-0.4, -0.2) is 57.9 Å². The number of benzene rings is 1. The molecule has 0 heterocycles. The van der Waals surface area contributed by atoms with E-state index in [0.29, 0.717) is 18.5 Å². The van der Waals surface area contributed by atoms with Gasteiger partial charge in [0.1, 0.15) is 23.4 Å². The Kier molecular flexibility index (Phi) is 11.6.